The number of hydrogen-bond donors (Lipinski definition) is 2. The number of likely N-dealkylation sites (tertiary alicyclic amines) is 2. The number of alkyl carbamates (subject to hydrolysis) is 1. The molecule has 0 aromatic heterocycles. The second kappa shape index (κ2) is 9.45. The van der Waals surface area contributed by atoms with Gasteiger partial charge in [0.15, 0.2) is 0 Å². The fourth-order valence-corrected chi connectivity index (χ4v) is 3.64. The van der Waals surface area contributed by atoms with Crippen molar-refractivity contribution >= 4 is 23.8 Å². The monoisotopic (exact) mass is 410 g/mol. The van der Waals surface area contributed by atoms with Crippen LogP contribution in [0, 0.1) is 5.92 Å². The summed E-state index contributed by atoms with van der Waals surface area (Å²) in [5, 5.41) is 5.32. The number of carbonyl (C=O) groups excluding carboxylic acids is 4. The van der Waals surface area contributed by atoms with Crippen molar-refractivity contribution in [2.75, 3.05) is 26.2 Å². The first-order chi connectivity index (χ1) is 13.5. The maximum Gasteiger partial charge on any atom is 0.408 e. The van der Waals surface area contributed by atoms with Gasteiger partial charge < -0.3 is 25.2 Å². The van der Waals surface area contributed by atoms with E-state index in [9.17, 15) is 19.2 Å². The van der Waals surface area contributed by atoms with Gasteiger partial charge in [0.05, 0.1) is 5.92 Å². The van der Waals surface area contributed by atoms with E-state index in [1.165, 1.54) is 0 Å². The molecule has 0 aromatic rings. The minimum atomic E-state index is -0.630. The molecule has 4 amide bonds. The first-order valence-electron chi connectivity index (χ1n) is 10.3. The van der Waals surface area contributed by atoms with Gasteiger partial charge in [0.2, 0.25) is 17.7 Å². The average Bonchev–Trinajstić information content (AvgIpc) is 3.01. The molecule has 2 aliphatic heterocycles. The third-order valence-corrected chi connectivity index (χ3v) is 5.09. The molecule has 0 bridgehead atoms. The highest BCUT2D eigenvalue weighted by atomic mass is 16.6. The van der Waals surface area contributed by atoms with E-state index in [1.54, 1.807) is 30.6 Å². The molecule has 9 heteroatoms. The van der Waals surface area contributed by atoms with Gasteiger partial charge in [0.25, 0.3) is 0 Å². The molecule has 2 aliphatic rings. The zero-order valence-electron chi connectivity index (χ0n) is 18.1. The van der Waals surface area contributed by atoms with Crippen LogP contribution >= 0.6 is 0 Å². The third kappa shape index (κ3) is 6.90. The molecule has 9 nitrogen and oxygen atoms in total. The van der Waals surface area contributed by atoms with Crippen molar-refractivity contribution in [2.24, 2.45) is 5.92 Å². The predicted molar refractivity (Wildman–Crippen MR) is 107 cm³/mol. The van der Waals surface area contributed by atoms with Crippen LogP contribution in [0.5, 0.6) is 0 Å². The molecule has 1 unspecified atom stereocenters. The van der Waals surface area contributed by atoms with Crippen molar-refractivity contribution in [3.8, 4) is 0 Å². The Morgan fingerprint density at radius 3 is 2.31 bits per heavy atom. The highest BCUT2D eigenvalue weighted by molar-refractivity contribution is 5.89. The smallest absolute Gasteiger partial charge is 0.408 e. The van der Waals surface area contributed by atoms with Gasteiger partial charge in [-0.05, 0) is 47.5 Å². The van der Waals surface area contributed by atoms with Gasteiger partial charge in [0.1, 0.15) is 12.1 Å². The van der Waals surface area contributed by atoms with Crippen molar-refractivity contribution < 1.29 is 23.9 Å². The van der Waals surface area contributed by atoms with Crippen LogP contribution in [0.4, 0.5) is 4.79 Å². The van der Waals surface area contributed by atoms with Crippen LogP contribution in [0.3, 0.4) is 0 Å². The number of nitrogens with zero attached hydrogens (tertiary/aromatic N) is 2. The molecule has 0 aliphatic carbocycles. The summed E-state index contributed by atoms with van der Waals surface area (Å²) in [5.74, 6) is -0.487. The Hall–Kier alpha value is -2.32. The Morgan fingerprint density at radius 2 is 1.79 bits per heavy atom. The van der Waals surface area contributed by atoms with Crippen LogP contribution in [0.1, 0.15) is 53.9 Å². The summed E-state index contributed by atoms with van der Waals surface area (Å²) in [6, 6.07) is 0.0693. The van der Waals surface area contributed by atoms with Crippen molar-refractivity contribution in [1.29, 1.82) is 0 Å². The van der Waals surface area contributed by atoms with E-state index in [0.717, 1.165) is 0 Å². The lowest BCUT2D eigenvalue weighted by atomic mass is 10.0. The fourth-order valence-electron chi connectivity index (χ4n) is 3.64. The Bertz CT molecular complexity index is 635. The Labute approximate surface area is 172 Å². The largest absolute Gasteiger partial charge is 0.444 e. The summed E-state index contributed by atoms with van der Waals surface area (Å²) >= 11 is 0. The predicted octanol–water partition coefficient (Wildman–Crippen LogP) is 0.875. The molecule has 2 heterocycles. The number of hydrogen-bond acceptors (Lipinski definition) is 5. The summed E-state index contributed by atoms with van der Waals surface area (Å²) in [4.78, 5) is 52.0. The zero-order valence-corrected chi connectivity index (χ0v) is 18.1. The van der Waals surface area contributed by atoms with Crippen LogP contribution in [-0.2, 0) is 19.1 Å². The second-order valence-corrected chi connectivity index (χ2v) is 9.06. The molecule has 2 N–H and O–H groups in total. The van der Waals surface area contributed by atoms with Gasteiger partial charge in [-0.15, -0.1) is 0 Å². The van der Waals surface area contributed by atoms with Crippen molar-refractivity contribution in [3.63, 3.8) is 0 Å². The van der Waals surface area contributed by atoms with Crippen LogP contribution in [0.15, 0.2) is 0 Å². The number of amides is 4. The van der Waals surface area contributed by atoms with Gasteiger partial charge in [0, 0.05) is 38.1 Å². The maximum atomic E-state index is 12.7. The quantitative estimate of drug-likeness (QED) is 0.699. The average molecular weight is 411 g/mol. The normalized spacial score (nSPS) is 20.8. The summed E-state index contributed by atoms with van der Waals surface area (Å²) in [5.41, 5.74) is -0.615. The highest BCUT2D eigenvalue weighted by Crippen LogP contribution is 2.23. The lowest BCUT2D eigenvalue weighted by Crippen LogP contribution is -2.50. The van der Waals surface area contributed by atoms with E-state index >= 15 is 0 Å². The first-order valence-corrected chi connectivity index (χ1v) is 10.3. The molecule has 164 valence electrons. The van der Waals surface area contributed by atoms with E-state index in [0.29, 0.717) is 32.5 Å². The molecule has 0 spiro atoms. The lowest BCUT2D eigenvalue weighted by Gasteiger charge is -2.34. The number of rotatable bonds is 5. The molecule has 0 radical (unpaired) electrons. The van der Waals surface area contributed by atoms with Gasteiger partial charge in [-0.3, -0.25) is 14.4 Å². The molecule has 29 heavy (non-hydrogen) atoms. The maximum absolute atomic E-state index is 12.7. The molecule has 2 rings (SSSR count). The SMILES string of the molecule is CC(C)N1CC(C(=O)N2CCC(NC(=O)CNC(=O)OC(C)(C)C)CC2)CC1=O. The lowest BCUT2D eigenvalue weighted by molar-refractivity contribution is -0.137. The summed E-state index contributed by atoms with van der Waals surface area (Å²) < 4.78 is 5.10. The minimum absolute atomic E-state index is 0.0258. The zero-order chi connectivity index (χ0) is 21.8. The van der Waals surface area contributed by atoms with E-state index in [1.807, 2.05) is 13.8 Å². The molecule has 2 saturated heterocycles. The first kappa shape index (κ1) is 23.0. The summed E-state index contributed by atoms with van der Waals surface area (Å²) in [6.07, 6.45) is 0.954. The van der Waals surface area contributed by atoms with Gasteiger partial charge >= 0.3 is 6.09 Å². The minimum Gasteiger partial charge on any atom is -0.444 e. The van der Waals surface area contributed by atoms with Crippen molar-refractivity contribution in [3.05, 3.63) is 0 Å². The Kier molecular flexibility index (Phi) is 7.48. The standard InChI is InChI=1S/C20H34N4O5/c1-13(2)24-12-14(10-17(24)26)18(27)23-8-6-15(7-9-23)22-16(25)11-21-19(28)29-20(3,4)5/h13-15H,6-12H2,1-5H3,(H,21,28)(H,22,25). The molecule has 1 atom stereocenters. The van der Waals surface area contributed by atoms with Crippen LogP contribution < -0.4 is 10.6 Å². The van der Waals surface area contributed by atoms with E-state index < -0.39 is 11.7 Å². The van der Waals surface area contributed by atoms with Crippen LogP contribution in [0.2, 0.25) is 0 Å². The van der Waals surface area contributed by atoms with Gasteiger partial charge in [-0.2, -0.15) is 0 Å². The van der Waals surface area contributed by atoms with Crippen molar-refractivity contribution in [2.45, 2.75) is 71.6 Å². The highest BCUT2D eigenvalue weighted by Gasteiger charge is 2.38. The van der Waals surface area contributed by atoms with Gasteiger partial charge in [-0.25, -0.2) is 4.79 Å². The summed E-state index contributed by atoms with van der Waals surface area (Å²) in [6.45, 7) is 10.6. The summed E-state index contributed by atoms with van der Waals surface area (Å²) in [7, 11) is 0. The Morgan fingerprint density at radius 1 is 1.17 bits per heavy atom. The van der Waals surface area contributed by atoms with Crippen LogP contribution in [-0.4, -0.2) is 77.5 Å². The fraction of sp³-hybridized carbons (Fsp3) is 0.800. The molecule has 0 aromatic carbocycles. The van der Waals surface area contributed by atoms with Gasteiger partial charge in [-0.1, -0.05) is 0 Å². The third-order valence-electron chi connectivity index (χ3n) is 5.09. The molecule has 2 fully saturated rings. The number of ether oxygens (including phenoxy) is 1. The molecule has 0 saturated carbocycles. The number of carbonyl (C=O) groups is 4. The second-order valence-electron chi connectivity index (χ2n) is 9.06. The molecular weight excluding hydrogens is 376 g/mol. The van der Waals surface area contributed by atoms with E-state index in [4.69, 9.17) is 4.74 Å². The number of piperidine rings is 1. The number of nitrogens with one attached hydrogen (secondary N) is 2. The van der Waals surface area contributed by atoms with E-state index in [2.05, 4.69) is 10.6 Å². The Balaban J connectivity index is 1.71. The van der Waals surface area contributed by atoms with Crippen LogP contribution in [0.25, 0.3) is 0 Å². The van der Waals surface area contributed by atoms with Crippen molar-refractivity contribution in [1.82, 2.24) is 20.4 Å². The molecular formula is C20H34N4O5. The topological polar surface area (TPSA) is 108 Å². The van der Waals surface area contributed by atoms with E-state index in [-0.39, 0.29) is 48.7 Å².